The van der Waals surface area contributed by atoms with Gasteiger partial charge in [0.15, 0.2) is 0 Å². The summed E-state index contributed by atoms with van der Waals surface area (Å²) in [5.74, 6) is -0.344. The molecule has 0 atom stereocenters. The van der Waals surface area contributed by atoms with Crippen LogP contribution in [0.15, 0.2) is 36.4 Å². The van der Waals surface area contributed by atoms with E-state index in [0.717, 1.165) is 0 Å². The Labute approximate surface area is 125 Å². The van der Waals surface area contributed by atoms with Crippen LogP contribution in [-0.2, 0) is 0 Å². The summed E-state index contributed by atoms with van der Waals surface area (Å²) in [6.07, 6.45) is 0. The van der Waals surface area contributed by atoms with Crippen molar-refractivity contribution >= 4 is 40.4 Å². The lowest BCUT2D eigenvalue weighted by atomic mass is 10.2. The second kappa shape index (κ2) is 6.54. The minimum absolute atomic E-state index is 0.129. The lowest BCUT2D eigenvalue weighted by Crippen LogP contribution is -2.22. The standard InChI is InChI=1S/C14H13ClN2O2S/c1-2-16-13(18)9-3-5-10(6-4-9)17-14(19)11-7-8-12(15)20-11/h3-8H,2H2,1H3,(H,16,18)(H,17,19). The van der Waals surface area contributed by atoms with Crippen molar-refractivity contribution in [2.24, 2.45) is 0 Å². The van der Waals surface area contributed by atoms with Gasteiger partial charge in [-0.1, -0.05) is 11.6 Å². The highest BCUT2D eigenvalue weighted by atomic mass is 35.5. The number of benzene rings is 1. The van der Waals surface area contributed by atoms with Crippen LogP contribution in [0.2, 0.25) is 4.34 Å². The molecule has 4 nitrogen and oxygen atoms in total. The Morgan fingerprint density at radius 2 is 1.80 bits per heavy atom. The van der Waals surface area contributed by atoms with Crippen LogP contribution in [0.3, 0.4) is 0 Å². The Morgan fingerprint density at radius 1 is 1.10 bits per heavy atom. The molecule has 0 bridgehead atoms. The van der Waals surface area contributed by atoms with Gasteiger partial charge in [0.25, 0.3) is 11.8 Å². The highest BCUT2D eigenvalue weighted by molar-refractivity contribution is 7.18. The van der Waals surface area contributed by atoms with Crippen molar-refractivity contribution < 1.29 is 9.59 Å². The molecule has 0 saturated carbocycles. The maximum Gasteiger partial charge on any atom is 0.265 e. The van der Waals surface area contributed by atoms with E-state index in [1.165, 1.54) is 11.3 Å². The number of rotatable bonds is 4. The number of amides is 2. The lowest BCUT2D eigenvalue weighted by Gasteiger charge is -2.05. The van der Waals surface area contributed by atoms with Crippen LogP contribution in [0.1, 0.15) is 27.0 Å². The zero-order valence-corrected chi connectivity index (χ0v) is 12.3. The van der Waals surface area contributed by atoms with Crippen molar-refractivity contribution in [3.05, 3.63) is 51.2 Å². The van der Waals surface area contributed by atoms with E-state index in [1.54, 1.807) is 36.4 Å². The van der Waals surface area contributed by atoms with Gasteiger partial charge in [0.05, 0.1) is 9.21 Å². The lowest BCUT2D eigenvalue weighted by molar-refractivity contribution is 0.0955. The van der Waals surface area contributed by atoms with Gasteiger partial charge >= 0.3 is 0 Å². The van der Waals surface area contributed by atoms with E-state index in [4.69, 9.17) is 11.6 Å². The van der Waals surface area contributed by atoms with Crippen LogP contribution >= 0.6 is 22.9 Å². The molecule has 0 radical (unpaired) electrons. The summed E-state index contributed by atoms with van der Waals surface area (Å²) in [7, 11) is 0. The van der Waals surface area contributed by atoms with Crippen LogP contribution in [0.4, 0.5) is 5.69 Å². The molecule has 20 heavy (non-hydrogen) atoms. The molecule has 2 rings (SSSR count). The molecule has 0 saturated heterocycles. The molecule has 104 valence electrons. The minimum Gasteiger partial charge on any atom is -0.352 e. The monoisotopic (exact) mass is 308 g/mol. The molecule has 0 aliphatic heterocycles. The zero-order chi connectivity index (χ0) is 14.5. The second-order valence-electron chi connectivity index (χ2n) is 3.99. The summed E-state index contributed by atoms with van der Waals surface area (Å²) in [5, 5.41) is 5.46. The number of hydrogen-bond donors (Lipinski definition) is 2. The summed E-state index contributed by atoms with van der Waals surface area (Å²) in [6.45, 7) is 2.44. The minimum atomic E-state index is -0.215. The Bertz CT molecular complexity index is 622. The molecule has 0 fully saturated rings. The molecule has 2 amide bonds. The van der Waals surface area contributed by atoms with Gasteiger partial charge in [0, 0.05) is 17.8 Å². The first-order valence-corrected chi connectivity index (χ1v) is 7.24. The number of carbonyl (C=O) groups excluding carboxylic acids is 2. The summed E-state index contributed by atoms with van der Waals surface area (Å²) < 4.78 is 0.571. The molecular weight excluding hydrogens is 296 g/mol. The molecule has 1 aromatic carbocycles. The molecule has 1 aromatic heterocycles. The maximum atomic E-state index is 11.9. The Kier molecular flexibility index (Phi) is 4.76. The largest absolute Gasteiger partial charge is 0.352 e. The molecule has 0 aliphatic rings. The van der Waals surface area contributed by atoms with Gasteiger partial charge in [-0.2, -0.15) is 0 Å². The average molecular weight is 309 g/mol. The normalized spacial score (nSPS) is 10.1. The summed E-state index contributed by atoms with van der Waals surface area (Å²) in [4.78, 5) is 24.0. The van der Waals surface area contributed by atoms with Crippen LogP contribution in [-0.4, -0.2) is 18.4 Å². The number of carbonyl (C=O) groups is 2. The average Bonchev–Trinajstić information content (AvgIpc) is 2.86. The highest BCUT2D eigenvalue weighted by Gasteiger charge is 2.09. The Balaban J connectivity index is 2.04. The van der Waals surface area contributed by atoms with Crippen LogP contribution < -0.4 is 10.6 Å². The quantitative estimate of drug-likeness (QED) is 0.909. The number of anilines is 1. The zero-order valence-electron chi connectivity index (χ0n) is 10.8. The molecule has 0 unspecified atom stereocenters. The second-order valence-corrected chi connectivity index (χ2v) is 5.71. The predicted octanol–water partition coefficient (Wildman–Crippen LogP) is 3.40. The first-order chi connectivity index (χ1) is 9.60. The molecule has 6 heteroatoms. The van der Waals surface area contributed by atoms with E-state index < -0.39 is 0 Å². The molecular formula is C14H13ClN2O2S. The van der Waals surface area contributed by atoms with Crippen molar-refractivity contribution in [2.75, 3.05) is 11.9 Å². The van der Waals surface area contributed by atoms with Gasteiger partial charge < -0.3 is 10.6 Å². The van der Waals surface area contributed by atoms with Crippen molar-refractivity contribution in [1.29, 1.82) is 0 Å². The molecule has 1 heterocycles. The third-order valence-electron chi connectivity index (χ3n) is 2.54. The van der Waals surface area contributed by atoms with Crippen LogP contribution in [0, 0.1) is 0 Å². The Morgan fingerprint density at radius 3 is 2.35 bits per heavy atom. The third kappa shape index (κ3) is 3.59. The van der Waals surface area contributed by atoms with Crippen molar-refractivity contribution in [3.8, 4) is 0 Å². The topological polar surface area (TPSA) is 58.2 Å². The van der Waals surface area contributed by atoms with E-state index in [9.17, 15) is 9.59 Å². The van der Waals surface area contributed by atoms with Crippen LogP contribution in [0.5, 0.6) is 0 Å². The van der Waals surface area contributed by atoms with Crippen molar-refractivity contribution in [3.63, 3.8) is 0 Å². The van der Waals surface area contributed by atoms with E-state index in [1.807, 2.05) is 6.92 Å². The first-order valence-electron chi connectivity index (χ1n) is 6.05. The highest BCUT2D eigenvalue weighted by Crippen LogP contribution is 2.22. The van der Waals surface area contributed by atoms with Gasteiger partial charge in [-0.15, -0.1) is 11.3 Å². The SMILES string of the molecule is CCNC(=O)c1ccc(NC(=O)c2ccc(Cl)s2)cc1. The fourth-order valence-electron chi connectivity index (χ4n) is 1.60. The summed E-state index contributed by atoms with van der Waals surface area (Å²) >= 11 is 7.01. The number of nitrogens with one attached hydrogen (secondary N) is 2. The first kappa shape index (κ1) is 14.6. The van der Waals surface area contributed by atoms with Gasteiger partial charge in [0.1, 0.15) is 0 Å². The van der Waals surface area contributed by atoms with E-state index in [-0.39, 0.29) is 11.8 Å². The van der Waals surface area contributed by atoms with Gasteiger partial charge in [-0.25, -0.2) is 0 Å². The molecule has 0 spiro atoms. The Hall–Kier alpha value is -1.85. The smallest absolute Gasteiger partial charge is 0.265 e. The third-order valence-corrected chi connectivity index (χ3v) is 3.77. The van der Waals surface area contributed by atoms with Gasteiger partial charge in [-0.05, 0) is 43.3 Å². The maximum absolute atomic E-state index is 11.9. The molecule has 2 N–H and O–H groups in total. The fourth-order valence-corrected chi connectivity index (χ4v) is 2.53. The number of halogens is 1. The number of thiophene rings is 1. The van der Waals surface area contributed by atoms with Crippen molar-refractivity contribution in [2.45, 2.75) is 6.92 Å². The van der Waals surface area contributed by atoms with E-state index >= 15 is 0 Å². The van der Waals surface area contributed by atoms with Gasteiger partial charge in [0.2, 0.25) is 0 Å². The van der Waals surface area contributed by atoms with E-state index in [2.05, 4.69) is 10.6 Å². The number of hydrogen-bond acceptors (Lipinski definition) is 3. The summed E-state index contributed by atoms with van der Waals surface area (Å²) in [6, 6.07) is 10.1. The van der Waals surface area contributed by atoms with E-state index in [0.29, 0.717) is 27.0 Å². The summed E-state index contributed by atoms with van der Waals surface area (Å²) in [5.41, 5.74) is 1.19. The fraction of sp³-hybridized carbons (Fsp3) is 0.143. The van der Waals surface area contributed by atoms with Crippen LogP contribution in [0.25, 0.3) is 0 Å². The molecule has 0 aliphatic carbocycles. The van der Waals surface area contributed by atoms with Gasteiger partial charge in [-0.3, -0.25) is 9.59 Å². The molecule has 2 aromatic rings. The van der Waals surface area contributed by atoms with Crippen molar-refractivity contribution in [1.82, 2.24) is 5.32 Å². The predicted molar refractivity (Wildman–Crippen MR) is 81.7 cm³/mol.